The molecular formula is C23H23N5O3. The van der Waals surface area contributed by atoms with Crippen LogP contribution in [0.2, 0.25) is 0 Å². The highest BCUT2D eigenvalue weighted by atomic mass is 16.4. The molecule has 1 amide bonds. The maximum absolute atomic E-state index is 13.6. The lowest BCUT2D eigenvalue weighted by Gasteiger charge is -2.34. The van der Waals surface area contributed by atoms with Crippen molar-refractivity contribution < 1.29 is 14.3 Å². The van der Waals surface area contributed by atoms with Gasteiger partial charge in [-0.1, -0.05) is 24.3 Å². The molecule has 0 aliphatic carbocycles. The number of para-hydroxylation sites is 1. The third-order valence-electron chi connectivity index (χ3n) is 5.60. The van der Waals surface area contributed by atoms with Crippen molar-refractivity contribution in [2.45, 2.75) is 38.8 Å². The third kappa shape index (κ3) is 3.29. The van der Waals surface area contributed by atoms with Crippen molar-refractivity contribution in [1.82, 2.24) is 24.8 Å². The number of rotatable bonds is 3. The van der Waals surface area contributed by atoms with Crippen LogP contribution in [0.15, 0.2) is 47.1 Å². The third-order valence-corrected chi connectivity index (χ3v) is 5.60. The summed E-state index contributed by atoms with van der Waals surface area (Å²) in [5.74, 6) is -0.0535. The molecule has 0 fully saturated rings. The Morgan fingerprint density at radius 1 is 1.23 bits per heavy atom. The van der Waals surface area contributed by atoms with Gasteiger partial charge in [-0.15, -0.1) is 0 Å². The number of aromatic amines is 1. The van der Waals surface area contributed by atoms with Crippen LogP contribution in [-0.2, 0) is 12.0 Å². The largest absolute Gasteiger partial charge is 0.432 e. The summed E-state index contributed by atoms with van der Waals surface area (Å²) in [6, 6.07) is 11.4. The minimum Gasteiger partial charge on any atom is -0.432 e. The van der Waals surface area contributed by atoms with Gasteiger partial charge in [-0.25, -0.2) is 9.97 Å². The zero-order valence-corrected chi connectivity index (χ0v) is 17.6. The zero-order chi connectivity index (χ0) is 21.8. The van der Waals surface area contributed by atoms with E-state index in [9.17, 15) is 9.90 Å². The van der Waals surface area contributed by atoms with Gasteiger partial charge in [0.15, 0.2) is 0 Å². The van der Waals surface area contributed by atoms with Gasteiger partial charge in [-0.05, 0) is 32.9 Å². The topological polar surface area (TPSA) is 108 Å². The number of nitrogens with zero attached hydrogens (tertiary/aromatic N) is 4. The highest BCUT2D eigenvalue weighted by Gasteiger charge is 2.38. The van der Waals surface area contributed by atoms with E-state index in [1.54, 1.807) is 32.0 Å². The summed E-state index contributed by atoms with van der Waals surface area (Å²) >= 11 is 0. The highest BCUT2D eigenvalue weighted by molar-refractivity contribution is 5.93. The van der Waals surface area contributed by atoms with Crippen molar-refractivity contribution in [3.63, 3.8) is 0 Å². The molecule has 5 rings (SSSR count). The summed E-state index contributed by atoms with van der Waals surface area (Å²) in [4.78, 5) is 32.1. The smallest absolute Gasteiger partial charge is 0.292 e. The number of aliphatic hydroxyl groups is 1. The molecule has 4 heterocycles. The number of aromatic nitrogens is 4. The van der Waals surface area contributed by atoms with E-state index in [1.165, 1.54) is 0 Å². The molecule has 1 aliphatic heterocycles. The fraction of sp³-hybridized carbons (Fsp3) is 0.304. The number of nitrogens with one attached hydrogen (secondary N) is 1. The van der Waals surface area contributed by atoms with Crippen molar-refractivity contribution in [3.8, 4) is 0 Å². The molecule has 2 N–H and O–H groups in total. The van der Waals surface area contributed by atoms with Gasteiger partial charge in [-0.3, -0.25) is 9.78 Å². The summed E-state index contributed by atoms with van der Waals surface area (Å²) in [5, 5.41) is 11.3. The Hall–Kier alpha value is -3.52. The normalized spacial score (nSPS) is 16.5. The number of amides is 1. The summed E-state index contributed by atoms with van der Waals surface area (Å²) in [5.41, 5.74) is 2.54. The molecule has 0 radical (unpaired) electrons. The molecule has 0 saturated carbocycles. The van der Waals surface area contributed by atoms with Crippen LogP contribution in [0.3, 0.4) is 0 Å². The second-order valence-electron chi connectivity index (χ2n) is 8.34. The predicted octanol–water partition coefficient (Wildman–Crippen LogP) is 3.27. The van der Waals surface area contributed by atoms with Crippen LogP contribution in [-0.4, -0.2) is 42.4 Å². The quantitative estimate of drug-likeness (QED) is 0.530. The fourth-order valence-corrected chi connectivity index (χ4v) is 4.02. The molecule has 0 spiro atoms. The number of carbonyl (C=O) groups excluding carboxylic acids is 1. The Kier molecular flexibility index (Phi) is 4.40. The first-order valence-corrected chi connectivity index (χ1v) is 10.2. The van der Waals surface area contributed by atoms with Crippen LogP contribution in [0, 0.1) is 6.92 Å². The molecule has 0 saturated heterocycles. The Morgan fingerprint density at radius 2 is 2.03 bits per heavy atom. The number of carbonyl (C=O) groups is 1. The van der Waals surface area contributed by atoms with E-state index >= 15 is 0 Å². The molecule has 8 nitrogen and oxygen atoms in total. The number of hydrogen-bond donors (Lipinski definition) is 2. The molecular weight excluding hydrogens is 394 g/mol. The lowest BCUT2D eigenvalue weighted by molar-refractivity contribution is 0.0440. The molecule has 1 atom stereocenters. The van der Waals surface area contributed by atoms with Crippen molar-refractivity contribution in [2.24, 2.45) is 0 Å². The molecule has 1 aliphatic rings. The number of oxazole rings is 1. The van der Waals surface area contributed by atoms with E-state index in [1.807, 2.05) is 36.4 Å². The maximum atomic E-state index is 13.6. The number of aryl methyl sites for hydroxylation is 1. The van der Waals surface area contributed by atoms with Crippen LogP contribution < -0.4 is 0 Å². The van der Waals surface area contributed by atoms with E-state index in [2.05, 4.69) is 15.0 Å². The van der Waals surface area contributed by atoms with Gasteiger partial charge in [0, 0.05) is 24.0 Å². The van der Waals surface area contributed by atoms with Gasteiger partial charge in [0.25, 0.3) is 5.91 Å². The summed E-state index contributed by atoms with van der Waals surface area (Å²) in [6.45, 7) is 5.33. The Balaban J connectivity index is 1.60. The van der Waals surface area contributed by atoms with E-state index in [0.717, 1.165) is 28.0 Å². The monoisotopic (exact) mass is 417 g/mol. The summed E-state index contributed by atoms with van der Waals surface area (Å²) in [7, 11) is 0. The Bertz CT molecular complexity index is 1280. The zero-order valence-electron chi connectivity index (χ0n) is 17.6. The van der Waals surface area contributed by atoms with E-state index in [4.69, 9.17) is 9.40 Å². The van der Waals surface area contributed by atoms with Crippen LogP contribution >= 0.6 is 0 Å². The number of fused-ring (bicyclic) bond motifs is 2. The lowest BCUT2D eigenvalue weighted by Crippen LogP contribution is -2.41. The van der Waals surface area contributed by atoms with Crippen LogP contribution in [0.4, 0.5) is 0 Å². The minimum atomic E-state index is -1.28. The first-order valence-electron chi connectivity index (χ1n) is 10.2. The molecule has 158 valence electrons. The SMILES string of the molecule is Cc1nc(C(C)(C)O)oc1C(=O)N1CCc2[nH]cnc2C1c1ccc2ccccc2n1. The van der Waals surface area contributed by atoms with Crippen molar-refractivity contribution in [2.75, 3.05) is 6.54 Å². The lowest BCUT2D eigenvalue weighted by atomic mass is 9.98. The number of hydrogen-bond acceptors (Lipinski definition) is 6. The minimum absolute atomic E-state index is 0.117. The van der Waals surface area contributed by atoms with Crippen LogP contribution in [0.25, 0.3) is 10.9 Å². The maximum Gasteiger partial charge on any atom is 0.292 e. The Labute approximate surface area is 179 Å². The van der Waals surface area contributed by atoms with Crippen molar-refractivity contribution in [1.29, 1.82) is 0 Å². The molecule has 1 aromatic carbocycles. The molecule has 8 heteroatoms. The standard InChI is InChI=1S/C23H23N5O3/c1-13-20(31-22(26-13)23(2,3)30)21(29)28-11-10-16-18(25-12-24-16)19(28)17-9-8-14-6-4-5-7-15(14)27-17/h4-9,12,19,30H,10-11H2,1-3H3,(H,24,25). The van der Waals surface area contributed by atoms with Gasteiger partial charge in [0.2, 0.25) is 11.7 Å². The van der Waals surface area contributed by atoms with Gasteiger partial charge in [0.05, 0.1) is 28.9 Å². The molecule has 1 unspecified atom stereocenters. The van der Waals surface area contributed by atoms with E-state index in [0.29, 0.717) is 18.7 Å². The predicted molar refractivity (Wildman–Crippen MR) is 113 cm³/mol. The van der Waals surface area contributed by atoms with Crippen LogP contribution in [0.5, 0.6) is 0 Å². The first kappa shape index (κ1) is 19.4. The Morgan fingerprint density at radius 3 is 2.81 bits per heavy atom. The van der Waals surface area contributed by atoms with E-state index < -0.39 is 11.6 Å². The second kappa shape index (κ2) is 7.02. The average molecular weight is 417 g/mol. The first-order chi connectivity index (χ1) is 14.8. The molecule has 31 heavy (non-hydrogen) atoms. The van der Waals surface area contributed by atoms with Gasteiger partial charge >= 0.3 is 0 Å². The van der Waals surface area contributed by atoms with Gasteiger partial charge in [-0.2, -0.15) is 0 Å². The van der Waals surface area contributed by atoms with E-state index in [-0.39, 0.29) is 17.6 Å². The molecule has 4 aromatic rings. The van der Waals surface area contributed by atoms with Gasteiger partial charge < -0.3 is 19.4 Å². The number of pyridine rings is 1. The number of imidazole rings is 1. The fourth-order valence-electron chi connectivity index (χ4n) is 4.02. The molecule has 0 bridgehead atoms. The van der Waals surface area contributed by atoms with Crippen LogP contribution in [0.1, 0.15) is 59.1 Å². The molecule has 3 aromatic heterocycles. The van der Waals surface area contributed by atoms with Gasteiger partial charge in [0.1, 0.15) is 11.6 Å². The second-order valence-corrected chi connectivity index (χ2v) is 8.34. The summed E-state index contributed by atoms with van der Waals surface area (Å²) in [6.07, 6.45) is 2.30. The average Bonchev–Trinajstić information content (AvgIpc) is 3.38. The van der Waals surface area contributed by atoms with Crippen molar-refractivity contribution >= 4 is 16.8 Å². The highest BCUT2D eigenvalue weighted by Crippen LogP contribution is 2.35. The van der Waals surface area contributed by atoms with Crippen molar-refractivity contribution in [3.05, 3.63) is 77.2 Å². The number of H-pyrrole nitrogens is 1. The summed E-state index contributed by atoms with van der Waals surface area (Å²) < 4.78 is 5.72. The number of benzene rings is 1.